The fourth-order valence-corrected chi connectivity index (χ4v) is 1.80. The standard InChI is InChI=1S/C14H20O3/c15-13-10-8-12(9-11-13)6-4-2-1-3-5-7-14(16)17/h8-11,15H,1-7H2,(H,16,17). The molecule has 3 nitrogen and oxygen atoms in total. The Morgan fingerprint density at radius 3 is 2.18 bits per heavy atom. The number of hydrogen-bond acceptors (Lipinski definition) is 2. The van der Waals surface area contributed by atoms with E-state index in [-0.39, 0.29) is 6.42 Å². The van der Waals surface area contributed by atoms with Gasteiger partial charge in [-0.3, -0.25) is 4.79 Å². The van der Waals surface area contributed by atoms with Crippen molar-refractivity contribution in [1.82, 2.24) is 0 Å². The summed E-state index contributed by atoms with van der Waals surface area (Å²) in [6.45, 7) is 0. The van der Waals surface area contributed by atoms with Gasteiger partial charge in [-0.15, -0.1) is 0 Å². The normalized spacial score (nSPS) is 10.4. The third kappa shape index (κ3) is 6.61. The molecule has 0 saturated carbocycles. The van der Waals surface area contributed by atoms with E-state index in [0.29, 0.717) is 5.75 Å². The highest BCUT2D eigenvalue weighted by atomic mass is 16.4. The third-order valence-electron chi connectivity index (χ3n) is 2.79. The SMILES string of the molecule is O=C(O)CCCCCCCc1ccc(O)cc1. The highest BCUT2D eigenvalue weighted by molar-refractivity contribution is 5.66. The van der Waals surface area contributed by atoms with Crippen molar-refractivity contribution in [3.8, 4) is 5.75 Å². The average molecular weight is 236 g/mol. The molecule has 0 fully saturated rings. The van der Waals surface area contributed by atoms with E-state index >= 15 is 0 Å². The average Bonchev–Trinajstić information content (AvgIpc) is 2.30. The Bertz CT molecular complexity index is 330. The first kappa shape index (κ1) is 13.6. The van der Waals surface area contributed by atoms with Gasteiger partial charge in [0.2, 0.25) is 0 Å². The van der Waals surface area contributed by atoms with Crippen LogP contribution in [0.15, 0.2) is 24.3 Å². The molecule has 0 atom stereocenters. The monoisotopic (exact) mass is 236 g/mol. The first-order valence-corrected chi connectivity index (χ1v) is 6.18. The summed E-state index contributed by atoms with van der Waals surface area (Å²) in [5, 5.41) is 17.6. The zero-order chi connectivity index (χ0) is 12.5. The van der Waals surface area contributed by atoms with E-state index in [1.165, 1.54) is 5.56 Å². The molecule has 0 spiro atoms. The molecule has 1 rings (SSSR count). The Balaban J connectivity index is 2.01. The van der Waals surface area contributed by atoms with E-state index in [1.807, 2.05) is 12.1 Å². The van der Waals surface area contributed by atoms with Crippen molar-refractivity contribution in [2.45, 2.75) is 44.9 Å². The molecule has 0 aliphatic rings. The number of carboxylic acids is 1. The second-order valence-corrected chi connectivity index (χ2v) is 4.33. The lowest BCUT2D eigenvalue weighted by Crippen LogP contribution is -1.93. The summed E-state index contributed by atoms with van der Waals surface area (Å²) >= 11 is 0. The van der Waals surface area contributed by atoms with Crippen molar-refractivity contribution in [1.29, 1.82) is 0 Å². The summed E-state index contributed by atoms with van der Waals surface area (Å²) in [4.78, 5) is 10.3. The van der Waals surface area contributed by atoms with E-state index in [1.54, 1.807) is 12.1 Å². The number of carboxylic acid groups (broad SMARTS) is 1. The number of carbonyl (C=O) groups is 1. The molecule has 0 aromatic heterocycles. The predicted molar refractivity (Wildman–Crippen MR) is 67.1 cm³/mol. The maximum atomic E-state index is 10.3. The van der Waals surface area contributed by atoms with E-state index in [0.717, 1.165) is 38.5 Å². The Morgan fingerprint density at radius 1 is 0.941 bits per heavy atom. The molecule has 1 aromatic carbocycles. The maximum absolute atomic E-state index is 10.3. The van der Waals surface area contributed by atoms with Crippen LogP contribution in [0.25, 0.3) is 0 Å². The van der Waals surface area contributed by atoms with E-state index in [9.17, 15) is 4.79 Å². The van der Waals surface area contributed by atoms with E-state index in [2.05, 4.69) is 0 Å². The minimum atomic E-state index is -0.700. The quantitative estimate of drug-likeness (QED) is 0.680. The molecule has 0 saturated heterocycles. The van der Waals surface area contributed by atoms with Gasteiger partial charge >= 0.3 is 5.97 Å². The summed E-state index contributed by atoms with van der Waals surface area (Å²) in [7, 11) is 0. The molecule has 2 N–H and O–H groups in total. The number of hydrogen-bond donors (Lipinski definition) is 2. The number of rotatable bonds is 8. The first-order valence-electron chi connectivity index (χ1n) is 6.18. The summed E-state index contributed by atoms with van der Waals surface area (Å²) in [6, 6.07) is 7.31. The van der Waals surface area contributed by atoms with Crippen LogP contribution in [0.3, 0.4) is 0 Å². The minimum absolute atomic E-state index is 0.290. The van der Waals surface area contributed by atoms with Gasteiger partial charge in [0, 0.05) is 6.42 Å². The van der Waals surface area contributed by atoms with Crippen LogP contribution in [-0.2, 0) is 11.2 Å². The summed E-state index contributed by atoms with van der Waals surface area (Å²) < 4.78 is 0. The second-order valence-electron chi connectivity index (χ2n) is 4.33. The Kier molecular flexibility index (Phi) is 6.15. The molecular formula is C14H20O3. The van der Waals surface area contributed by atoms with Crippen LogP contribution >= 0.6 is 0 Å². The van der Waals surface area contributed by atoms with Crippen LogP contribution in [-0.4, -0.2) is 16.2 Å². The lowest BCUT2D eigenvalue weighted by Gasteiger charge is -2.02. The molecule has 0 aliphatic heterocycles. The van der Waals surface area contributed by atoms with Crippen LogP contribution in [0.1, 0.15) is 44.1 Å². The van der Waals surface area contributed by atoms with Gasteiger partial charge in [-0.1, -0.05) is 31.4 Å². The van der Waals surface area contributed by atoms with Crippen molar-refractivity contribution in [2.24, 2.45) is 0 Å². The molecule has 0 bridgehead atoms. The molecule has 0 unspecified atom stereocenters. The molecular weight excluding hydrogens is 216 g/mol. The van der Waals surface area contributed by atoms with Gasteiger partial charge in [0.25, 0.3) is 0 Å². The van der Waals surface area contributed by atoms with Gasteiger partial charge in [0.05, 0.1) is 0 Å². The minimum Gasteiger partial charge on any atom is -0.508 e. The summed E-state index contributed by atoms with van der Waals surface area (Å²) in [5.41, 5.74) is 1.24. The van der Waals surface area contributed by atoms with Crippen LogP contribution < -0.4 is 0 Å². The molecule has 1 aromatic rings. The first-order chi connectivity index (χ1) is 8.18. The zero-order valence-corrected chi connectivity index (χ0v) is 10.1. The molecule has 17 heavy (non-hydrogen) atoms. The van der Waals surface area contributed by atoms with Crippen molar-refractivity contribution in [3.05, 3.63) is 29.8 Å². The van der Waals surface area contributed by atoms with Gasteiger partial charge in [-0.05, 0) is 37.0 Å². The van der Waals surface area contributed by atoms with Crippen LogP contribution in [0, 0.1) is 0 Å². The van der Waals surface area contributed by atoms with E-state index < -0.39 is 5.97 Å². The fourth-order valence-electron chi connectivity index (χ4n) is 1.80. The molecule has 0 radical (unpaired) electrons. The summed E-state index contributed by atoms with van der Waals surface area (Å²) in [5.74, 6) is -0.392. The Morgan fingerprint density at radius 2 is 1.53 bits per heavy atom. The zero-order valence-electron chi connectivity index (χ0n) is 10.1. The topological polar surface area (TPSA) is 57.5 Å². The molecule has 3 heteroatoms. The number of aromatic hydroxyl groups is 1. The van der Waals surface area contributed by atoms with Crippen LogP contribution in [0.5, 0.6) is 5.75 Å². The van der Waals surface area contributed by atoms with Gasteiger partial charge in [-0.25, -0.2) is 0 Å². The second kappa shape index (κ2) is 7.71. The number of phenolic OH excluding ortho intramolecular Hbond substituents is 1. The smallest absolute Gasteiger partial charge is 0.303 e. The molecule has 0 heterocycles. The number of benzene rings is 1. The summed E-state index contributed by atoms with van der Waals surface area (Å²) in [6.07, 6.45) is 6.47. The van der Waals surface area contributed by atoms with E-state index in [4.69, 9.17) is 10.2 Å². The van der Waals surface area contributed by atoms with Crippen LogP contribution in [0.4, 0.5) is 0 Å². The Hall–Kier alpha value is -1.51. The van der Waals surface area contributed by atoms with Gasteiger partial charge in [0.15, 0.2) is 0 Å². The van der Waals surface area contributed by atoms with Gasteiger partial charge in [-0.2, -0.15) is 0 Å². The number of aliphatic carboxylic acids is 1. The van der Waals surface area contributed by atoms with Gasteiger partial charge < -0.3 is 10.2 Å². The molecule has 94 valence electrons. The number of phenols is 1. The van der Waals surface area contributed by atoms with Crippen molar-refractivity contribution < 1.29 is 15.0 Å². The van der Waals surface area contributed by atoms with Gasteiger partial charge in [0.1, 0.15) is 5.75 Å². The largest absolute Gasteiger partial charge is 0.508 e. The van der Waals surface area contributed by atoms with Crippen molar-refractivity contribution >= 4 is 5.97 Å². The number of aryl methyl sites for hydroxylation is 1. The predicted octanol–water partition coefficient (Wildman–Crippen LogP) is 3.36. The third-order valence-corrected chi connectivity index (χ3v) is 2.79. The van der Waals surface area contributed by atoms with Crippen molar-refractivity contribution in [2.75, 3.05) is 0 Å². The lowest BCUT2D eigenvalue weighted by molar-refractivity contribution is -0.137. The highest BCUT2D eigenvalue weighted by Crippen LogP contribution is 2.13. The number of unbranched alkanes of at least 4 members (excludes halogenated alkanes) is 4. The van der Waals surface area contributed by atoms with Crippen LogP contribution in [0.2, 0.25) is 0 Å². The van der Waals surface area contributed by atoms with Crippen molar-refractivity contribution in [3.63, 3.8) is 0 Å². The maximum Gasteiger partial charge on any atom is 0.303 e. The highest BCUT2D eigenvalue weighted by Gasteiger charge is 1.97. The molecule has 0 amide bonds. The fraction of sp³-hybridized carbons (Fsp3) is 0.500. The lowest BCUT2D eigenvalue weighted by atomic mass is 10.0. The Labute approximate surface area is 102 Å². The molecule has 0 aliphatic carbocycles.